The molecular weight excluding hydrogens is 392 g/mol. The Morgan fingerprint density at radius 1 is 1.14 bits per heavy atom. The maximum atomic E-state index is 13.0. The van der Waals surface area contributed by atoms with Crippen LogP contribution in [-0.2, 0) is 26.2 Å². The van der Waals surface area contributed by atoms with Crippen molar-refractivity contribution >= 4 is 21.8 Å². The summed E-state index contributed by atoms with van der Waals surface area (Å²) < 4.78 is 33.9. The molecule has 1 saturated heterocycles. The van der Waals surface area contributed by atoms with E-state index in [-0.39, 0.29) is 40.8 Å². The van der Waals surface area contributed by atoms with Gasteiger partial charge in [-0.2, -0.15) is 0 Å². The third-order valence-electron chi connectivity index (χ3n) is 6.09. The second kappa shape index (κ2) is 8.07. The van der Waals surface area contributed by atoms with E-state index in [1.165, 1.54) is 18.1 Å². The first-order valence-electron chi connectivity index (χ1n) is 10.2. The number of sulfonamides is 1. The van der Waals surface area contributed by atoms with Crippen LogP contribution in [-0.4, -0.2) is 37.8 Å². The summed E-state index contributed by atoms with van der Waals surface area (Å²) in [7, 11) is -2.43. The smallest absolute Gasteiger partial charge is 0.244 e. The molecule has 0 spiro atoms. The number of methoxy groups -OCH3 is 1. The maximum Gasteiger partial charge on any atom is 0.244 e. The first kappa shape index (κ1) is 21.8. The average molecular weight is 423 g/mol. The molecule has 2 aliphatic rings. The third-order valence-corrected chi connectivity index (χ3v) is 7.80. The zero-order valence-corrected chi connectivity index (χ0v) is 18.3. The third kappa shape index (κ3) is 4.33. The predicted molar refractivity (Wildman–Crippen MR) is 109 cm³/mol. The Kier molecular flexibility index (Phi) is 6.06. The lowest BCUT2D eigenvalue weighted by atomic mass is 9.81. The van der Waals surface area contributed by atoms with Crippen LogP contribution in [0.5, 0.6) is 5.75 Å². The highest BCUT2D eigenvalue weighted by atomic mass is 32.2. The van der Waals surface area contributed by atoms with E-state index in [9.17, 15) is 18.0 Å². The predicted octanol–water partition coefficient (Wildman–Crippen LogP) is 2.84. The normalized spacial score (nSPS) is 22.7. The molecule has 0 radical (unpaired) electrons. The number of nitrogens with one attached hydrogen (secondary N) is 1. The zero-order chi connectivity index (χ0) is 21.4. The Morgan fingerprint density at radius 2 is 1.72 bits per heavy atom. The van der Waals surface area contributed by atoms with Crippen molar-refractivity contribution in [2.75, 3.05) is 7.11 Å². The van der Waals surface area contributed by atoms with Crippen molar-refractivity contribution in [1.82, 2.24) is 9.62 Å². The minimum Gasteiger partial charge on any atom is -0.495 e. The number of benzene rings is 1. The molecule has 2 atom stereocenters. The number of likely N-dealkylation sites (tertiary alicyclic amines) is 1. The van der Waals surface area contributed by atoms with Gasteiger partial charge in [0.15, 0.2) is 0 Å². The quantitative estimate of drug-likeness (QED) is 0.682. The van der Waals surface area contributed by atoms with Crippen LogP contribution in [0.25, 0.3) is 0 Å². The number of hydrogen-bond acceptors (Lipinski definition) is 5. The van der Waals surface area contributed by atoms with Crippen LogP contribution in [0.3, 0.4) is 0 Å². The number of ether oxygens (including phenoxy) is 1. The Morgan fingerprint density at radius 3 is 2.24 bits per heavy atom. The summed E-state index contributed by atoms with van der Waals surface area (Å²) in [6, 6.07) is 4.77. The van der Waals surface area contributed by atoms with Crippen LogP contribution < -0.4 is 9.46 Å². The first-order valence-corrected chi connectivity index (χ1v) is 11.6. The van der Waals surface area contributed by atoms with Crippen LogP contribution in [0.1, 0.15) is 58.4 Å². The first-order chi connectivity index (χ1) is 13.6. The van der Waals surface area contributed by atoms with E-state index >= 15 is 0 Å². The Balaban J connectivity index is 1.89. The van der Waals surface area contributed by atoms with E-state index in [1.54, 1.807) is 12.1 Å². The molecular formula is C21H30N2O5S. The van der Waals surface area contributed by atoms with Gasteiger partial charge >= 0.3 is 0 Å². The molecule has 1 N–H and O–H groups in total. The van der Waals surface area contributed by atoms with Crippen LogP contribution in [0.15, 0.2) is 23.1 Å². The van der Waals surface area contributed by atoms with Crippen molar-refractivity contribution in [3.8, 4) is 5.75 Å². The fourth-order valence-electron chi connectivity index (χ4n) is 4.09. The lowest BCUT2D eigenvalue weighted by Gasteiger charge is -2.25. The molecule has 2 amide bonds. The van der Waals surface area contributed by atoms with Gasteiger partial charge in [-0.15, -0.1) is 0 Å². The number of nitrogens with zero attached hydrogens (tertiary/aromatic N) is 1. The van der Waals surface area contributed by atoms with Gasteiger partial charge in [0.25, 0.3) is 0 Å². The van der Waals surface area contributed by atoms with Crippen molar-refractivity contribution < 1.29 is 22.7 Å². The molecule has 29 heavy (non-hydrogen) atoms. The van der Waals surface area contributed by atoms with Gasteiger partial charge in [0, 0.05) is 5.54 Å². The van der Waals surface area contributed by atoms with Crippen LogP contribution >= 0.6 is 0 Å². The molecule has 0 unspecified atom stereocenters. The number of carbonyl (C=O) groups excluding carboxylic acids is 2. The molecule has 1 aliphatic heterocycles. The minimum atomic E-state index is -3.84. The average Bonchev–Trinajstić information content (AvgIpc) is 2.92. The Bertz CT molecular complexity index is 886. The summed E-state index contributed by atoms with van der Waals surface area (Å²) in [6.07, 6.45) is 4.07. The number of rotatable bonds is 7. The second-order valence-electron chi connectivity index (χ2n) is 8.59. The summed E-state index contributed by atoms with van der Waals surface area (Å²) in [4.78, 5) is 26.8. The van der Waals surface area contributed by atoms with Crippen LogP contribution in [0, 0.1) is 11.8 Å². The number of imide groups is 1. The van der Waals surface area contributed by atoms with Gasteiger partial charge in [-0.1, -0.05) is 25.8 Å². The monoisotopic (exact) mass is 422 g/mol. The summed E-state index contributed by atoms with van der Waals surface area (Å²) >= 11 is 0. The molecule has 1 saturated carbocycles. The van der Waals surface area contributed by atoms with E-state index < -0.39 is 15.6 Å². The standard InChI is InChI=1S/C21H30N2O5S/c1-5-21(2,3)22-29(26,27)18-12-14(10-11-17(18)28-4)13-23-19(24)15-8-6-7-9-16(15)20(23)25/h10-12,15-16,22H,5-9,13H2,1-4H3/t15-,16-/m0/s1. The maximum absolute atomic E-state index is 13.0. The fourth-order valence-corrected chi connectivity index (χ4v) is 5.79. The van der Waals surface area contributed by atoms with Gasteiger partial charge in [0.2, 0.25) is 21.8 Å². The van der Waals surface area contributed by atoms with E-state index in [4.69, 9.17) is 4.74 Å². The molecule has 0 bridgehead atoms. The minimum absolute atomic E-state index is 0.00976. The van der Waals surface area contributed by atoms with Crippen molar-refractivity contribution in [1.29, 1.82) is 0 Å². The molecule has 1 aromatic rings. The van der Waals surface area contributed by atoms with Gasteiger partial charge in [-0.05, 0) is 50.8 Å². The van der Waals surface area contributed by atoms with Crippen molar-refractivity contribution in [3.05, 3.63) is 23.8 Å². The highest BCUT2D eigenvalue weighted by Crippen LogP contribution is 2.39. The summed E-state index contributed by atoms with van der Waals surface area (Å²) in [5.74, 6) is -0.481. The van der Waals surface area contributed by atoms with Gasteiger partial charge < -0.3 is 4.74 Å². The van der Waals surface area contributed by atoms with Crippen molar-refractivity contribution in [2.45, 2.75) is 69.9 Å². The fraction of sp³-hybridized carbons (Fsp3) is 0.619. The molecule has 1 aliphatic carbocycles. The van der Waals surface area contributed by atoms with Crippen molar-refractivity contribution in [2.24, 2.45) is 11.8 Å². The highest BCUT2D eigenvalue weighted by molar-refractivity contribution is 7.89. The Labute approximate surface area is 172 Å². The van der Waals surface area contributed by atoms with E-state index in [0.29, 0.717) is 12.0 Å². The number of hydrogen-bond donors (Lipinski definition) is 1. The van der Waals surface area contributed by atoms with Crippen LogP contribution in [0.2, 0.25) is 0 Å². The molecule has 1 aromatic carbocycles. The topological polar surface area (TPSA) is 92.8 Å². The van der Waals surface area contributed by atoms with E-state index in [0.717, 1.165) is 25.7 Å². The van der Waals surface area contributed by atoms with Crippen molar-refractivity contribution in [3.63, 3.8) is 0 Å². The number of amides is 2. The largest absolute Gasteiger partial charge is 0.495 e. The van der Waals surface area contributed by atoms with E-state index in [2.05, 4.69) is 4.72 Å². The molecule has 1 heterocycles. The van der Waals surface area contributed by atoms with Crippen LogP contribution in [0.4, 0.5) is 0 Å². The molecule has 0 aromatic heterocycles. The Hall–Kier alpha value is -1.93. The summed E-state index contributed by atoms with van der Waals surface area (Å²) in [5.41, 5.74) is -0.0306. The van der Waals surface area contributed by atoms with Gasteiger partial charge in [-0.3, -0.25) is 14.5 Å². The lowest BCUT2D eigenvalue weighted by Crippen LogP contribution is -2.42. The van der Waals surface area contributed by atoms with Gasteiger partial charge in [0.1, 0.15) is 10.6 Å². The molecule has 7 nitrogen and oxygen atoms in total. The number of carbonyl (C=O) groups is 2. The highest BCUT2D eigenvalue weighted by Gasteiger charge is 2.48. The second-order valence-corrected chi connectivity index (χ2v) is 10.2. The van der Waals surface area contributed by atoms with E-state index in [1.807, 2.05) is 20.8 Å². The summed E-state index contributed by atoms with van der Waals surface area (Å²) in [5, 5.41) is 0. The molecule has 3 rings (SSSR count). The summed E-state index contributed by atoms with van der Waals surface area (Å²) in [6.45, 7) is 5.60. The zero-order valence-electron chi connectivity index (χ0n) is 17.5. The molecule has 8 heteroatoms. The number of fused-ring (bicyclic) bond motifs is 1. The van der Waals surface area contributed by atoms with Gasteiger partial charge in [0.05, 0.1) is 25.5 Å². The molecule has 2 fully saturated rings. The molecule has 160 valence electrons. The SMILES string of the molecule is CCC(C)(C)NS(=O)(=O)c1cc(CN2C(=O)[C@H]3CCCC[C@@H]3C2=O)ccc1OC. The van der Waals surface area contributed by atoms with Gasteiger partial charge in [-0.25, -0.2) is 13.1 Å². The lowest BCUT2D eigenvalue weighted by molar-refractivity contribution is -0.140.